The van der Waals surface area contributed by atoms with Crippen molar-refractivity contribution in [2.24, 2.45) is 0 Å². The molecule has 0 spiro atoms. The Hall–Kier alpha value is -3.35. The van der Waals surface area contributed by atoms with Crippen molar-refractivity contribution in [2.45, 2.75) is 6.92 Å². The molecular formula is C20H18N2O5. The number of rotatable bonds is 2. The molecule has 138 valence electrons. The summed E-state index contributed by atoms with van der Waals surface area (Å²) in [6.45, 7) is 3.40. The Labute approximate surface area is 154 Å². The molecule has 2 amide bonds. The van der Waals surface area contributed by atoms with E-state index in [1.54, 1.807) is 40.1 Å². The number of fused-ring (bicyclic) bond motifs is 1. The van der Waals surface area contributed by atoms with Crippen molar-refractivity contribution >= 4 is 22.6 Å². The summed E-state index contributed by atoms with van der Waals surface area (Å²) >= 11 is 0. The number of hydrogen-bond acceptors (Lipinski definition) is 5. The van der Waals surface area contributed by atoms with Crippen LogP contribution in [0.2, 0.25) is 0 Å². The van der Waals surface area contributed by atoms with E-state index in [-0.39, 0.29) is 23.3 Å². The standard InChI is InChI=1S/C20H18N2O5/c1-13-4-5-14-12-17(27-20(25)15(14)11-13)19(24)22-8-6-21(7-9-22)18(23)16-3-2-10-26-16/h2-5,10-12H,6-9H2,1H3. The zero-order chi connectivity index (χ0) is 19.0. The Bertz CT molecular complexity index is 1060. The van der Waals surface area contributed by atoms with Crippen molar-refractivity contribution in [3.8, 4) is 0 Å². The van der Waals surface area contributed by atoms with Crippen LogP contribution in [-0.2, 0) is 0 Å². The normalized spacial score (nSPS) is 14.6. The molecule has 1 saturated heterocycles. The summed E-state index contributed by atoms with van der Waals surface area (Å²) in [6, 6.07) is 10.3. The van der Waals surface area contributed by atoms with Crippen LogP contribution in [0, 0.1) is 6.92 Å². The number of carbonyl (C=O) groups excluding carboxylic acids is 2. The van der Waals surface area contributed by atoms with Gasteiger partial charge in [-0.15, -0.1) is 0 Å². The van der Waals surface area contributed by atoms with Crippen LogP contribution in [-0.4, -0.2) is 47.8 Å². The first-order chi connectivity index (χ1) is 13.0. The molecule has 0 N–H and O–H groups in total. The highest BCUT2D eigenvalue weighted by Gasteiger charge is 2.28. The molecule has 4 rings (SSSR count). The van der Waals surface area contributed by atoms with E-state index >= 15 is 0 Å². The number of furan rings is 1. The first-order valence-corrected chi connectivity index (χ1v) is 8.69. The quantitative estimate of drug-likeness (QED) is 0.695. The Kier molecular flexibility index (Phi) is 4.27. The van der Waals surface area contributed by atoms with E-state index in [0.717, 1.165) is 5.56 Å². The van der Waals surface area contributed by atoms with E-state index in [9.17, 15) is 14.4 Å². The Morgan fingerprint density at radius 1 is 0.926 bits per heavy atom. The molecule has 2 aromatic heterocycles. The third-order valence-corrected chi connectivity index (χ3v) is 4.71. The van der Waals surface area contributed by atoms with Crippen molar-refractivity contribution in [3.63, 3.8) is 0 Å². The molecule has 7 heteroatoms. The van der Waals surface area contributed by atoms with Gasteiger partial charge in [0, 0.05) is 26.2 Å². The molecule has 1 fully saturated rings. The Morgan fingerprint density at radius 3 is 2.22 bits per heavy atom. The molecule has 0 atom stereocenters. The van der Waals surface area contributed by atoms with Gasteiger partial charge in [0.25, 0.3) is 11.8 Å². The Balaban J connectivity index is 1.50. The van der Waals surface area contributed by atoms with Gasteiger partial charge in [-0.3, -0.25) is 9.59 Å². The van der Waals surface area contributed by atoms with Gasteiger partial charge >= 0.3 is 5.63 Å². The van der Waals surface area contributed by atoms with Gasteiger partial charge in [0.05, 0.1) is 11.6 Å². The average Bonchev–Trinajstić information content (AvgIpc) is 3.22. The molecule has 0 saturated carbocycles. The van der Waals surface area contributed by atoms with Gasteiger partial charge in [-0.05, 0) is 36.6 Å². The largest absolute Gasteiger partial charge is 0.459 e. The topological polar surface area (TPSA) is 84.0 Å². The van der Waals surface area contributed by atoms with Crippen LogP contribution in [0.5, 0.6) is 0 Å². The van der Waals surface area contributed by atoms with Gasteiger partial charge < -0.3 is 18.6 Å². The summed E-state index contributed by atoms with van der Waals surface area (Å²) in [6.07, 6.45) is 1.45. The lowest BCUT2D eigenvalue weighted by Crippen LogP contribution is -2.50. The molecule has 0 radical (unpaired) electrons. The lowest BCUT2D eigenvalue weighted by molar-refractivity contribution is 0.0500. The van der Waals surface area contributed by atoms with Gasteiger partial charge in [-0.1, -0.05) is 17.7 Å². The van der Waals surface area contributed by atoms with E-state index in [0.29, 0.717) is 37.0 Å². The van der Waals surface area contributed by atoms with Crippen LogP contribution in [0.1, 0.15) is 26.7 Å². The maximum absolute atomic E-state index is 12.7. The number of nitrogens with zero attached hydrogens (tertiary/aromatic N) is 2. The minimum absolute atomic E-state index is 0.0159. The number of benzene rings is 1. The maximum Gasteiger partial charge on any atom is 0.344 e. The van der Waals surface area contributed by atoms with Gasteiger partial charge in [-0.25, -0.2) is 4.79 Å². The minimum atomic E-state index is -0.522. The summed E-state index contributed by atoms with van der Waals surface area (Å²) in [5, 5.41) is 1.13. The van der Waals surface area contributed by atoms with E-state index < -0.39 is 5.63 Å². The highest BCUT2D eigenvalue weighted by atomic mass is 16.4. The smallest absolute Gasteiger partial charge is 0.344 e. The van der Waals surface area contributed by atoms with Crippen LogP contribution in [0.3, 0.4) is 0 Å². The zero-order valence-corrected chi connectivity index (χ0v) is 14.8. The molecule has 27 heavy (non-hydrogen) atoms. The number of aryl methyl sites for hydroxylation is 1. The lowest BCUT2D eigenvalue weighted by Gasteiger charge is -2.34. The second-order valence-corrected chi connectivity index (χ2v) is 6.55. The Morgan fingerprint density at radius 2 is 1.59 bits per heavy atom. The van der Waals surface area contributed by atoms with Crippen LogP contribution in [0.4, 0.5) is 0 Å². The highest BCUT2D eigenvalue weighted by Crippen LogP contribution is 2.17. The zero-order valence-electron chi connectivity index (χ0n) is 14.8. The number of carbonyl (C=O) groups is 2. The third-order valence-electron chi connectivity index (χ3n) is 4.71. The molecule has 0 aliphatic carbocycles. The summed E-state index contributed by atoms with van der Waals surface area (Å²) in [5.41, 5.74) is 0.428. The lowest BCUT2D eigenvalue weighted by atomic mass is 10.1. The van der Waals surface area contributed by atoms with Crippen LogP contribution in [0.15, 0.2) is 56.3 Å². The molecule has 1 aliphatic heterocycles. The predicted molar refractivity (Wildman–Crippen MR) is 97.7 cm³/mol. The average molecular weight is 366 g/mol. The minimum Gasteiger partial charge on any atom is -0.459 e. The summed E-state index contributed by atoms with van der Waals surface area (Å²) in [4.78, 5) is 40.5. The number of piperazine rings is 1. The van der Waals surface area contributed by atoms with Crippen LogP contribution in [0.25, 0.3) is 10.8 Å². The van der Waals surface area contributed by atoms with Crippen molar-refractivity contribution < 1.29 is 18.4 Å². The molecule has 3 aromatic rings. The van der Waals surface area contributed by atoms with E-state index in [2.05, 4.69) is 0 Å². The molecule has 3 heterocycles. The van der Waals surface area contributed by atoms with Crippen molar-refractivity contribution in [2.75, 3.05) is 26.2 Å². The first-order valence-electron chi connectivity index (χ1n) is 8.69. The van der Waals surface area contributed by atoms with E-state index in [1.165, 1.54) is 6.26 Å². The fraction of sp³-hybridized carbons (Fsp3) is 0.250. The molecular weight excluding hydrogens is 348 g/mol. The monoisotopic (exact) mass is 366 g/mol. The second kappa shape index (κ2) is 6.75. The summed E-state index contributed by atoms with van der Waals surface area (Å²) in [7, 11) is 0. The van der Waals surface area contributed by atoms with Gasteiger partial charge in [0.2, 0.25) is 0 Å². The van der Waals surface area contributed by atoms with E-state index in [4.69, 9.17) is 8.83 Å². The SMILES string of the molecule is Cc1ccc2cc(C(=O)N3CCN(C(=O)c4ccco4)CC3)oc(=O)c2c1. The summed E-state index contributed by atoms with van der Waals surface area (Å²) < 4.78 is 10.4. The molecule has 0 unspecified atom stereocenters. The second-order valence-electron chi connectivity index (χ2n) is 6.55. The third kappa shape index (κ3) is 3.23. The fourth-order valence-electron chi connectivity index (χ4n) is 3.23. The van der Waals surface area contributed by atoms with Crippen LogP contribution >= 0.6 is 0 Å². The molecule has 1 aliphatic rings. The first kappa shape index (κ1) is 17.1. The van der Waals surface area contributed by atoms with Crippen molar-refractivity contribution in [3.05, 3.63) is 70.2 Å². The molecule has 0 bridgehead atoms. The molecule has 7 nitrogen and oxygen atoms in total. The maximum atomic E-state index is 12.7. The number of hydrogen-bond donors (Lipinski definition) is 0. The van der Waals surface area contributed by atoms with Crippen LogP contribution < -0.4 is 5.63 Å². The van der Waals surface area contributed by atoms with Gasteiger partial charge in [-0.2, -0.15) is 0 Å². The van der Waals surface area contributed by atoms with E-state index in [1.807, 2.05) is 13.0 Å². The van der Waals surface area contributed by atoms with Crippen molar-refractivity contribution in [1.82, 2.24) is 9.80 Å². The van der Waals surface area contributed by atoms with Gasteiger partial charge in [0.15, 0.2) is 11.5 Å². The summed E-state index contributed by atoms with van der Waals surface area (Å²) in [5.74, 6) is -0.243. The number of amides is 2. The van der Waals surface area contributed by atoms with Gasteiger partial charge in [0.1, 0.15) is 0 Å². The molecule has 1 aromatic carbocycles. The highest BCUT2D eigenvalue weighted by molar-refractivity contribution is 5.96. The fourth-order valence-corrected chi connectivity index (χ4v) is 3.23. The predicted octanol–water partition coefficient (Wildman–Crippen LogP) is 2.29. The van der Waals surface area contributed by atoms with Crippen molar-refractivity contribution in [1.29, 1.82) is 0 Å².